The van der Waals surface area contributed by atoms with Crippen molar-refractivity contribution in [3.8, 4) is 0 Å². The largest absolute Gasteiger partial charge is 0.389 e. The molecule has 1 saturated carbocycles. The molecule has 0 aromatic carbocycles. The van der Waals surface area contributed by atoms with E-state index in [1.165, 1.54) is 0 Å². The van der Waals surface area contributed by atoms with Crippen LogP contribution in [0.25, 0.3) is 0 Å². The van der Waals surface area contributed by atoms with Crippen molar-refractivity contribution < 1.29 is 19.7 Å². The van der Waals surface area contributed by atoms with Gasteiger partial charge in [-0.05, 0) is 5.57 Å². The number of fused-ring (bicyclic) bond motifs is 1. The molecule has 0 bridgehead atoms. The van der Waals surface area contributed by atoms with Crippen LogP contribution in [0.1, 0.15) is 0 Å². The fraction of sp³-hybridized carbons (Fsp3) is 0.667. The summed E-state index contributed by atoms with van der Waals surface area (Å²) in [6, 6.07) is -0.341. The second kappa shape index (κ2) is 4.81. The first-order chi connectivity index (χ1) is 9.49. The van der Waals surface area contributed by atoms with Gasteiger partial charge in [0.05, 0.1) is 18.5 Å². The van der Waals surface area contributed by atoms with Crippen LogP contribution in [0.3, 0.4) is 0 Å². The summed E-state index contributed by atoms with van der Waals surface area (Å²) >= 11 is 0. The highest BCUT2D eigenvalue weighted by atomic mass is 16.6. The van der Waals surface area contributed by atoms with Crippen molar-refractivity contribution in [3.63, 3.8) is 0 Å². The molecule has 0 aromatic rings. The molecule has 6 atom stereocenters. The summed E-state index contributed by atoms with van der Waals surface area (Å²) in [6.45, 7) is 4.50. The lowest BCUT2D eigenvalue weighted by Gasteiger charge is -2.25. The van der Waals surface area contributed by atoms with Gasteiger partial charge < -0.3 is 26.0 Å². The Morgan fingerprint density at radius 2 is 2.25 bits per heavy atom. The molecule has 8 nitrogen and oxygen atoms in total. The summed E-state index contributed by atoms with van der Waals surface area (Å²) in [5, 5.41) is 25.0. The zero-order valence-corrected chi connectivity index (χ0v) is 10.8. The van der Waals surface area contributed by atoms with Crippen molar-refractivity contribution in [2.75, 3.05) is 13.1 Å². The molecule has 2 aliphatic heterocycles. The Hall–Kier alpha value is -1.48. The summed E-state index contributed by atoms with van der Waals surface area (Å²) in [7, 11) is 0. The van der Waals surface area contributed by atoms with E-state index in [1.54, 1.807) is 0 Å². The minimum atomic E-state index is -0.861. The van der Waals surface area contributed by atoms with Crippen LogP contribution >= 0.6 is 0 Å². The van der Waals surface area contributed by atoms with E-state index >= 15 is 0 Å². The van der Waals surface area contributed by atoms with Crippen LogP contribution in [0.5, 0.6) is 0 Å². The molecule has 8 heteroatoms. The third-order valence-electron chi connectivity index (χ3n) is 4.04. The summed E-state index contributed by atoms with van der Waals surface area (Å²) in [4.78, 5) is 15.7. The predicted octanol–water partition coefficient (Wildman–Crippen LogP) is -2.94. The molecule has 1 saturated heterocycles. The van der Waals surface area contributed by atoms with E-state index in [0.29, 0.717) is 12.1 Å². The van der Waals surface area contributed by atoms with Crippen LogP contribution in [0.2, 0.25) is 0 Å². The maximum atomic E-state index is 11.8. The third-order valence-corrected chi connectivity index (χ3v) is 4.04. The summed E-state index contributed by atoms with van der Waals surface area (Å²) in [5.41, 5.74) is 6.07. The van der Waals surface area contributed by atoms with Crippen LogP contribution < -0.4 is 16.4 Å². The number of nitrogens with two attached hydrogens (primary N) is 1. The van der Waals surface area contributed by atoms with Crippen molar-refractivity contribution >= 4 is 11.9 Å². The average Bonchev–Trinajstić information content (AvgIpc) is 3.13. The number of aliphatic imine (C=N–C) groups is 1. The number of hydrogen-bond donors (Lipinski definition) is 5. The van der Waals surface area contributed by atoms with Gasteiger partial charge >= 0.3 is 0 Å². The lowest BCUT2D eigenvalue weighted by Crippen LogP contribution is -2.49. The van der Waals surface area contributed by atoms with E-state index in [-0.39, 0.29) is 36.7 Å². The highest BCUT2D eigenvalue weighted by molar-refractivity contribution is 6.00. The Balaban J connectivity index is 1.54. The molecule has 1 aliphatic carbocycles. The highest BCUT2D eigenvalue weighted by Crippen LogP contribution is 2.39. The summed E-state index contributed by atoms with van der Waals surface area (Å²) < 4.78 is 5.24. The molecule has 20 heavy (non-hydrogen) atoms. The monoisotopic (exact) mass is 282 g/mol. The smallest absolute Gasteiger partial charge is 0.235 e. The van der Waals surface area contributed by atoms with Crippen molar-refractivity contribution in [2.45, 2.75) is 30.5 Å². The maximum Gasteiger partial charge on any atom is 0.235 e. The number of ether oxygens (including phenoxy) is 1. The van der Waals surface area contributed by atoms with Gasteiger partial charge in [0.25, 0.3) is 0 Å². The molecule has 1 amide bonds. The molecular formula is C12H18N4O4. The number of hydrogen-bond acceptors (Lipinski definition) is 7. The first kappa shape index (κ1) is 13.5. The Morgan fingerprint density at radius 3 is 2.85 bits per heavy atom. The molecule has 6 N–H and O–H groups in total. The fourth-order valence-electron chi connectivity index (χ4n) is 2.75. The molecule has 3 aliphatic rings. The van der Waals surface area contributed by atoms with E-state index in [1.807, 2.05) is 0 Å². The van der Waals surface area contributed by atoms with Crippen molar-refractivity contribution in [2.24, 2.45) is 16.6 Å². The minimum absolute atomic E-state index is 0.121. The van der Waals surface area contributed by atoms with Gasteiger partial charge in [0, 0.05) is 6.54 Å². The van der Waals surface area contributed by atoms with Crippen molar-refractivity contribution in [1.29, 1.82) is 0 Å². The van der Waals surface area contributed by atoms with Gasteiger partial charge in [-0.2, -0.15) is 0 Å². The number of nitrogens with zero attached hydrogens (tertiary/aromatic N) is 1. The third kappa shape index (κ3) is 2.20. The number of rotatable bonds is 4. The van der Waals surface area contributed by atoms with E-state index < -0.39 is 18.1 Å². The van der Waals surface area contributed by atoms with Gasteiger partial charge in [-0.25, -0.2) is 0 Å². The Kier molecular flexibility index (Phi) is 3.25. The predicted molar refractivity (Wildman–Crippen MR) is 69.7 cm³/mol. The van der Waals surface area contributed by atoms with Crippen LogP contribution in [-0.2, 0) is 9.53 Å². The Morgan fingerprint density at radius 1 is 1.50 bits per heavy atom. The first-order valence-electron chi connectivity index (χ1n) is 6.52. The molecule has 6 unspecified atom stereocenters. The van der Waals surface area contributed by atoms with Gasteiger partial charge in [0.1, 0.15) is 24.4 Å². The quantitative estimate of drug-likeness (QED) is 0.277. The van der Waals surface area contributed by atoms with E-state index in [9.17, 15) is 15.0 Å². The van der Waals surface area contributed by atoms with E-state index in [0.717, 1.165) is 0 Å². The maximum absolute atomic E-state index is 11.8. The van der Waals surface area contributed by atoms with Crippen LogP contribution in [-0.4, -0.2) is 65.6 Å². The number of aliphatic hydroxyl groups is 2. The molecule has 0 aromatic heterocycles. The number of aliphatic hydroxyl groups excluding tert-OH is 2. The van der Waals surface area contributed by atoms with Crippen LogP contribution in [0.15, 0.2) is 17.1 Å². The average molecular weight is 282 g/mol. The van der Waals surface area contributed by atoms with Crippen molar-refractivity contribution in [3.05, 3.63) is 12.2 Å². The zero-order chi connectivity index (χ0) is 14.4. The van der Waals surface area contributed by atoms with Gasteiger partial charge in [0.2, 0.25) is 5.91 Å². The number of carbonyl (C=O) groups excluding carboxylic acids is 1. The Bertz CT molecular complexity index is 480. The first-order valence-corrected chi connectivity index (χ1v) is 6.52. The standard InChI is InChI=1S/C12H18N4O4/c1-4(5-3-15-12(13)16-11(5)19)2-14-6-7(17)8(18)10-9(6)20-10/h5-10,14,17-18H,1-3H2,(H3,13,15,16,19). The number of amides is 1. The molecule has 0 radical (unpaired) electrons. The number of epoxide rings is 1. The van der Waals surface area contributed by atoms with E-state index in [2.05, 4.69) is 22.2 Å². The summed E-state index contributed by atoms with van der Waals surface area (Å²) in [5.74, 6) is -0.540. The number of guanidine groups is 1. The van der Waals surface area contributed by atoms with Gasteiger partial charge in [-0.3, -0.25) is 15.1 Å². The second-order valence-electron chi connectivity index (χ2n) is 5.38. The molecule has 110 valence electrons. The molecule has 3 rings (SSSR count). The van der Waals surface area contributed by atoms with Crippen LogP contribution in [0, 0.1) is 5.92 Å². The lowest BCUT2D eigenvalue weighted by atomic mass is 9.98. The van der Waals surface area contributed by atoms with Gasteiger partial charge in [0.15, 0.2) is 5.96 Å². The fourth-order valence-corrected chi connectivity index (χ4v) is 2.75. The van der Waals surface area contributed by atoms with Gasteiger partial charge in [-0.15, -0.1) is 0 Å². The topological polar surface area (TPSA) is 132 Å². The number of nitrogens with one attached hydrogen (secondary N) is 2. The zero-order valence-electron chi connectivity index (χ0n) is 10.8. The molecular weight excluding hydrogens is 264 g/mol. The van der Waals surface area contributed by atoms with E-state index in [4.69, 9.17) is 10.5 Å². The minimum Gasteiger partial charge on any atom is -0.389 e. The summed E-state index contributed by atoms with van der Waals surface area (Å²) in [6.07, 6.45) is -2.16. The Labute approximate surface area is 115 Å². The highest BCUT2D eigenvalue weighted by Gasteiger charge is 2.61. The molecule has 2 heterocycles. The second-order valence-corrected chi connectivity index (χ2v) is 5.38. The SMILES string of the molecule is C=C(CNC1C(O)C(O)C2OC12)C1CN=C(N)NC1=O. The van der Waals surface area contributed by atoms with Gasteiger partial charge in [-0.1, -0.05) is 6.58 Å². The number of carbonyl (C=O) groups is 1. The van der Waals surface area contributed by atoms with Crippen molar-refractivity contribution in [1.82, 2.24) is 10.6 Å². The molecule has 0 spiro atoms. The lowest BCUT2D eigenvalue weighted by molar-refractivity contribution is -0.122. The van der Waals surface area contributed by atoms with Crippen LogP contribution in [0.4, 0.5) is 0 Å². The normalized spacial score (nSPS) is 42.7. The molecule has 2 fully saturated rings.